The molecule has 1 aliphatic carbocycles. The molecule has 2 rings (SSSR count). The molecule has 0 radical (unpaired) electrons. The van der Waals surface area contributed by atoms with Gasteiger partial charge in [0.15, 0.2) is 0 Å². The van der Waals surface area contributed by atoms with Crippen molar-refractivity contribution in [2.75, 3.05) is 19.6 Å². The van der Waals surface area contributed by atoms with Crippen molar-refractivity contribution in [3.8, 4) is 0 Å². The Bertz CT molecular complexity index is 246. The molecule has 1 N–H and O–H groups in total. The van der Waals surface area contributed by atoms with Crippen molar-refractivity contribution in [1.82, 2.24) is 10.2 Å². The van der Waals surface area contributed by atoms with E-state index < -0.39 is 0 Å². The normalized spacial score (nSPS) is 29.5. The molecule has 1 saturated carbocycles. The van der Waals surface area contributed by atoms with Crippen LogP contribution < -0.4 is 5.32 Å². The summed E-state index contributed by atoms with van der Waals surface area (Å²) in [5.41, 5.74) is 0.266. The minimum atomic E-state index is 0.266. The number of carbonyl (C=O) groups excluding carboxylic acids is 1. The van der Waals surface area contributed by atoms with E-state index in [1.165, 1.54) is 0 Å². The molecule has 3 heteroatoms. The zero-order valence-electron chi connectivity index (χ0n) is 9.34. The van der Waals surface area contributed by atoms with Crippen molar-refractivity contribution < 1.29 is 4.79 Å². The van der Waals surface area contributed by atoms with Gasteiger partial charge in [0.05, 0.1) is 6.04 Å². The van der Waals surface area contributed by atoms with Crippen LogP contribution in [-0.2, 0) is 4.79 Å². The molecule has 0 aromatic rings. The Morgan fingerprint density at radius 1 is 1.50 bits per heavy atom. The molecule has 14 heavy (non-hydrogen) atoms. The monoisotopic (exact) mass is 196 g/mol. The maximum atomic E-state index is 12.1. The van der Waals surface area contributed by atoms with Gasteiger partial charge in [-0.2, -0.15) is 0 Å². The molecular formula is C11H20N2O. The van der Waals surface area contributed by atoms with Crippen LogP contribution >= 0.6 is 0 Å². The van der Waals surface area contributed by atoms with Crippen molar-refractivity contribution in [1.29, 1.82) is 0 Å². The molecule has 80 valence electrons. The maximum absolute atomic E-state index is 12.1. The standard InChI is InChI=1S/C11H20N2O/c1-4-13(8-6-12-7-8)10(14)9-5-11(9,2)3/h8-9,12H,4-7H2,1-3H3. The van der Waals surface area contributed by atoms with Gasteiger partial charge in [-0.3, -0.25) is 4.79 Å². The van der Waals surface area contributed by atoms with Crippen molar-refractivity contribution >= 4 is 5.91 Å². The summed E-state index contributed by atoms with van der Waals surface area (Å²) in [6, 6.07) is 0.462. The lowest BCUT2D eigenvalue weighted by atomic mass is 10.1. The number of carbonyl (C=O) groups is 1. The maximum Gasteiger partial charge on any atom is 0.226 e. The third kappa shape index (κ3) is 1.54. The first-order chi connectivity index (χ1) is 6.56. The van der Waals surface area contributed by atoms with Crippen LogP contribution in [0.2, 0.25) is 0 Å². The Kier molecular flexibility index (Phi) is 2.30. The molecule has 2 aliphatic rings. The molecule has 1 heterocycles. The fraction of sp³-hybridized carbons (Fsp3) is 0.909. The van der Waals surface area contributed by atoms with Gasteiger partial charge in [0.25, 0.3) is 0 Å². The number of amides is 1. The summed E-state index contributed by atoms with van der Waals surface area (Å²) in [5, 5.41) is 3.22. The Morgan fingerprint density at radius 3 is 2.36 bits per heavy atom. The van der Waals surface area contributed by atoms with E-state index in [2.05, 4.69) is 31.0 Å². The van der Waals surface area contributed by atoms with Crippen LogP contribution in [0.5, 0.6) is 0 Å². The van der Waals surface area contributed by atoms with Gasteiger partial charge >= 0.3 is 0 Å². The summed E-state index contributed by atoms with van der Waals surface area (Å²) in [6.45, 7) is 9.26. The van der Waals surface area contributed by atoms with Gasteiger partial charge in [-0.1, -0.05) is 13.8 Å². The van der Waals surface area contributed by atoms with Crippen LogP contribution in [0.1, 0.15) is 27.2 Å². The molecular weight excluding hydrogens is 176 g/mol. The van der Waals surface area contributed by atoms with Crippen LogP contribution in [0.4, 0.5) is 0 Å². The molecule has 0 aromatic heterocycles. The minimum Gasteiger partial charge on any atom is -0.337 e. The van der Waals surface area contributed by atoms with Crippen molar-refractivity contribution in [2.24, 2.45) is 11.3 Å². The highest BCUT2D eigenvalue weighted by atomic mass is 16.2. The van der Waals surface area contributed by atoms with Crippen LogP contribution in [0.25, 0.3) is 0 Å². The lowest BCUT2D eigenvalue weighted by Crippen LogP contribution is -2.59. The molecule has 1 amide bonds. The smallest absolute Gasteiger partial charge is 0.226 e. The fourth-order valence-electron chi connectivity index (χ4n) is 2.18. The predicted octanol–water partition coefficient (Wildman–Crippen LogP) is 0.853. The Morgan fingerprint density at radius 2 is 2.07 bits per heavy atom. The van der Waals surface area contributed by atoms with E-state index in [1.54, 1.807) is 0 Å². The molecule has 0 aromatic carbocycles. The molecule has 1 aliphatic heterocycles. The second-order valence-corrected chi connectivity index (χ2v) is 5.18. The van der Waals surface area contributed by atoms with E-state index in [1.807, 2.05) is 0 Å². The Labute approximate surface area is 85.8 Å². The first-order valence-electron chi connectivity index (χ1n) is 5.57. The second-order valence-electron chi connectivity index (χ2n) is 5.18. The highest BCUT2D eigenvalue weighted by molar-refractivity contribution is 5.83. The number of nitrogens with zero attached hydrogens (tertiary/aromatic N) is 1. The van der Waals surface area contributed by atoms with Crippen molar-refractivity contribution in [2.45, 2.75) is 33.2 Å². The minimum absolute atomic E-state index is 0.266. The van der Waals surface area contributed by atoms with Gasteiger partial charge in [-0.15, -0.1) is 0 Å². The zero-order valence-corrected chi connectivity index (χ0v) is 9.34. The summed E-state index contributed by atoms with van der Waals surface area (Å²) in [4.78, 5) is 14.1. The Hall–Kier alpha value is -0.570. The molecule has 2 fully saturated rings. The van der Waals surface area contributed by atoms with Crippen LogP contribution in [0, 0.1) is 11.3 Å². The van der Waals surface area contributed by atoms with Crippen LogP contribution in [0.15, 0.2) is 0 Å². The summed E-state index contributed by atoms with van der Waals surface area (Å²) in [5.74, 6) is 0.673. The first kappa shape index (κ1) is 9.97. The van der Waals surface area contributed by atoms with E-state index in [4.69, 9.17) is 0 Å². The van der Waals surface area contributed by atoms with Gasteiger partial charge in [0, 0.05) is 25.6 Å². The zero-order chi connectivity index (χ0) is 10.3. The summed E-state index contributed by atoms with van der Waals surface area (Å²) in [6.07, 6.45) is 1.07. The van der Waals surface area contributed by atoms with E-state index in [-0.39, 0.29) is 5.41 Å². The first-order valence-corrected chi connectivity index (χ1v) is 5.57. The average molecular weight is 196 g/mol. The van der Waals surface area contributed by atoms with Gasteiger partial charge in [0.1, 0.15) is 0 Å². The van der Waals surface area contributed by atoms with Gasteiger partial charge in [-0.25, -0.2) is 0 Å². The molecule has 3 nitrogen and oxygen atoms in total. The third-order valence-corrected chi connectivity index (χ3v) is 3.64. The predicted molar refractivity (Wildman–Crippen MR) is 55.9 cm³/mol. The second kappa shape index (κ2) is 3.23. The quantitative estimate of drug-likeness (QED) is 0.726. The van der Waals surface area contributed by atoms with E-state index in [0.717, 1.165) is 26.1 Å². The topological polar surface area (TPSA) is 32.3 Å². The fourth-order valence-corrected chi connectivity index (χ4v) is 2.18. The van der Waals surface area contributed by atoms with Crippen molar-refractivity contribution in [3.05, 3.63) is 0 Å². The van der Waals surface area contributed by atoms with Gasteiger partial charge in [0.2, 0.25) is 5.91 Å². The van der Waals surface area contributed by atoms with Gasteiger partial charge in [-0.05, 0) is 18.8 Å². The summed E-state index contributed by atoms with van der Waals surface area (Å²) < 4.78 is 0. The van der Waals surface area contributed by atoms with Crippen LogP contribution in [0.3, 0.4) is 0 Å². The average Bonchev–Trinajstić information content (AvgIpc) is 2.66. The summed E-state index contributed by atoms with van der Waals surface area (Å²) >= 11 is 0. The van der Waals surface area contributed by atoms with E-state index in [0.29, 0.717) is 17.9 Å². The SMILES string of the molecule is CCN(C(=O)C1CC1(C)C)C1CNC1. The lowest BCUT2D eigenvalue weighted by Gasteiger charge is -2.38. The molecule has 1 unspecified atom stereocenters. The molecule has 1 saturated heterocycles. The van der Waals surface area contributed by atoms with E-state index in [9.17, 15) is 4.79 Å². The number of hydrogen-bond donors (Lipinski definition) is 1. The number of likely N-dealkylation sites (N-methyl/N-ethyl adjacent to an activating group) is 1. The Balaban J connectivity index is 1.95. The summed E-state index contributed by atoms with van der Waals surface area (Å²) in [7, 11) is 0. The largest absolute Gasteiger partial charge is 0.337 e. The molecule has 0 spiro atoms. The van der Waals surface area contributed by atoms with Crippen molar-refractivity contribution in [3.63, 3.8) is 0 Å². The lowest BCUT2D eigenvalue weighted by molar-refractivity contribution is -0.136. The van der Waals surface area contributed by atoms with Crippen LogP contribution in [-0.4, -0.2) is 36.5 Å². The van der Waals surface area contributed by atoms with Gasteiger partial charge < -0.3 is 10.2 Å². The highest BCUT2D eigenvalue weighted by Crippen LogP contribution is 2.52. The third-order valence-electron chi connectivity index (χ3n) is 3.64. The molecule has 0 bridgehead atoms. The highest BCUT2D eigenvalue weighted by Gasteiger charge is 2.52. The number of rotatable bonds is 3. The number of hydrogen-bond acceptors (Lipinski definition) is 2. The van der Waals surface area contributed by atoms with E-state index >= 15 is 0 Å². The number of nitrogens with one attached hydrogen (secondary N) is 1. The molecule has 1 atom stereocenters.